The van der Waals surface area contributed by atoms with Gasteiger partial charge >= 0.3 is 0 Å². The Morgan fingerprint density at radius 2 is 1.78 bits per heavy atom. The van der Waals surface area contributed by atoms with Gasteiger partial charge in [-0.05, 0) is 17.8 Å². The molecule has 0 saturated carbocycles. The number of aliphatic carboxylic acids is 1. The summed E-state index contributed by atoms with van der Waals surface area (Å²) in [4.78, 5) is 9.58. The Morgan fingerprint density at radius 3 is 2.30 bits per heavy atom. The van der Waals surface area contributed by atoms with E-state index in [1.54, 1.807) is 12.1 Å². The largest absolute Gasteiger partial charge is 0.481 e. The van der Waals surface area contributed by atoms with Gasteiger partial charge in [0.25, 0.3) is 5.97 Å². The van der Waals surface area contributed by atoms with E-state index >= 15 is 0 Å². The summed E-state index contributed by atoms with van der Waals surface area (Å²) >= 11 is 13.2. The zero-order valence-corrected chi connectivity index (χ0v) is 14.0. The summed E-state index contributed by atoms with van der Waals surface area (Å²) in [6.07, 6.45) is 0. The van der Waals surface area contributed by atoms with Gasteiger partial charge in [-0.2, -0.15) is 0 Å². The Bertz CT molecular complexity index is 787. The number of rotatable bonds is 0. The number of carbonyl (C=O) groups is 1. The third kappa shape index (κ3) is 3.49. The van der Waals surface area contributed by atoms with E-state index in [0.717, 1.165) is 24.2 Å². The number of carboxylic acid groups (broad SMARTS) is 1. The molecule has 6 N–H and O–H groups in total. The molecule has 23 heavy (non-hydrogen) atoms. The molecule has 0 aliphatic carbocycles. The van der Waals surface area contributed by atoms with Crippen molar-refractivity contribution in [1.82, 2.24) is 10.6 Å². The molecule has 1 aromatic rings. The number of fused-ring (bicyclic) bond motifs is 1. The van der Waals surface area contributed by atoms with Crippen molar-refractivity contribution in [2.24, 2.45) is 0 Å². The number of halogens is 2. The Kier molecular flexibility index (Phi) is 4.98. The third-order valence-corrected chi connectivity index (χ3v) is 4.48. The number of carboxylic acids is 1. The molecule has 1 fully saturated rings. The lowest BCUT2D eigenvalue weighted by atomic mass is 10.1. The highest BCUT2D eigenvalue weighted by Crippen LogP contribution is 2.39. The fraction of sp³-hybridized carbons (Fsp3) is 0.0769. The van der Waals surface area contributed by atoms with E-state index in [4.69, 9.17) is 49.3 Å². The first-order valence-corrected chi connectivity index (χ1v) is 7.70. The highest BCUT2D eigenvalue weighted by molar-refractivity contribution is 8.18. The van der Waals surface area contributed by atoms with Gasteiger partial charge in [-0.15, -0.1) is 0 Å². The van der Waals surface area contributed by atoms with Gasteiger partial charge in [0.1, 0.15) is 11.7 Å². The van der Waals surface area contributed by atoms with Crippen molar-refractivity contribution in [3.63, 3.8) is 0 Å². The molecule has 10 heteroatoms. The Balaban J connectivity index is 0.000000433. The van der Waals surface area contributed by atoms with Crippen LogP contribution in [0.2, 0.25) is 10.0 Å². The van der Waals surface area contributed by atoms with Crippen molar-refractivity contribution >= 4 is 63.5 Å². The van der Waals surface area contributed by atoms with Crippen molar-refractivity contribution in [3.8, 4) is 0 Å². The molecule has 0 unspecified atom stereocenters. The number of amidine groups is 3. The number of hydrogen-bond acceptors (Lipinski definition) is 5. The molecule has 0 bridgehead atoms. The summed E-state index contributed by atoms with van der Waals surface area (Å²) in [5.41, 5.74) is 1.87. The molecular formula is C13H11Cl2N5O2S. The maximum Gasteiger partial charge on any atom is 0.300 e. The minimum atomic E-state index is -0.833. The number of thioether (sulfide) groups is 1. The van der Waals surface area contributed by atoms with Crippen LogP contribution in [-0.4, -0.2) is 27.9 Å². The second-order valence-electron chi connectivity index (χ2n) is 4.44. The van der Waals surface area contributed by atoms with Gasteiger partial charge in [0.05, 0.1) is 20.6 Å². The number of hydrogen-bond donors (Lipinski definition) is 6. The number of nitrogens with one attached hydrogen (secondary N) is 5. The molecule has 1 aromatic carbocycles. The Morgan fingerprint density at radius 1 is 1.17 bits per heavy atom. The van der Waals surface area contributed by atoms with E-state index in [2.05, 4.69) is 10.6 Å². The van der Waals surface area contributed by atoms with Gasteiger partial charge < -0.3 is 15.7 Å². The van der Waals surface area contributed by atoms with Crippen molar-refractivity contribution < 1.29 is 9.90 Å². The van der Waals surface area contributed by atoms with Crippen LogP contribution in [-0.2, 0) is 4.79 Å². The molecule has 0 spiro atoms. The lowest BCUT2D eigenvalue weighted by molar-refractivity contribution is -0.134. The molecule has 2 aliphatic rings. The van der Waals surface area contributed by atoms with E-state index in [-0.39, 0.29) is 16.8 Å². The second kappa shape index (κ2) is 6.61. The van der Waals surface area contributed by atoms with Gasteiger partial charge in [-0.3, -0.25) is 21.0 Å². The summed E-state index contributed by atoms with van der Waals surface area (Å²) in [7, 11) is 0. The predicted molar refractivity (Wildman–Crippen MR) is 92.8 cm³/mol. The summed E-state index contributed by atoms with van der Waals surface area (Å²) in [6, 6.07) is 3.42. The molecule has 0 atom stereocenters. The molecule has 0 amide bonds. The third-order valence-electron chi connectivity index (χ3n) is 2.76. The lowest BCUT2D eigenvalue weighted by Crippen LogP contribution is -2.20. The minimum Gasteiger partial charge on any atom is -0.481 e. The van der Waals surface area contributed by atoms with Gasteiger partial charge in [0.2, 0.25) is 0 Å². The first-order valence-electron chi connectivity index (χ1n) is 6.12. The predicted octanol–water partition coefficient (Wildman–Crippen LogP) is 2.93. The van der Waals surface area contributed by atoms with Crippen LogP contribution in [0.3, 0.4) is 0 Å². The van der Waals surface area contributed by atoms with Crippen LogP contribution in [0.15, 0.2) is 17.0 Å². The van der Waals surface area contributed by atoms with E-state index in [1.807, 2.05) is 0 Å². The standard InChI is InChI=1S/C11H7Cl2N5S.C2H4O2/c12-4-2-1-3-5(6(4)13)9(14)17-7(3)8-10(15)18-11(16)19-8;1-2(3)4/h1-2H,(H2,14,17)(H3,15,16,18);1H3,(H,3,4). The first kappa shape index (κ1) is 17.3. The molecule has 2 aliphatic heterocycles. The van der Waals surface area contributed by atoms with Gasteiger partial charge in [-0.1, -0.05) is 29.3 Å². The van der Waals surface area contributed by atoms with Crippen molar-refractivity contribution in [2.75, 3.05) is 0 Å². The Hall–Kier alpha value is -2.03. The highest BCUT2D eigenvalue weighted by atomic mass is 35.5. The van der Waals surface area contributed by atoms with Crippen molar-refractivity contribution in [3.05, 3.63) is 38.2 Å². The van der Waals surface area contributed by atoms with Gasteiger partial charge in [0.15, 0.2) is 5.17 Å². The monoisotopic (exact) mass is 371 g/mol. The van der Waals surface area contributed by atoms with E-state index < -0.39 is 5.97 Å². The zero-order chi connectivity index (χ0) is 17.3. The molecule has 1 saturated heterocycles. The quantitative estimate of drug-likeness (QED) is 0.417. The minimum absolute atomic E-state index is 0.143. The normalized spacial score (nSPS) is 18.8. The average Bonchev–Trinajstić information content (AvgIpc) is 2.93. The molecule has 120 valence electrons. The number of benzene rings is 1. The Labute approximate surface area is 145 Å². The smallest absolute Gasteiger partial charge is 0.300 e. The van der Waals surface area contributed by atoms with Crippen LogP contribution in [0.25, 0.3) is 5.70 Å². The van der Waals surface area contributed by atoms with Gasteiger partial charge in [-0.25, -0.2) is 0 Å². The van der Waals surface area contributed by atoms with E-state index in [0.29, 0.717) is 26.2 Å². The van der Waals surface area contributed by atoms with Crippen LogP contribution >= 0.6 is 35.0 Å². The van der Waals surface area contributed by atoms with Crippen LogP contribution in [0, 0.1) is 16.2 Å². The van der Waals surface area contributed by atoms with Crippen molar-refractivity contribution in [2.45, 2.75) is 6.92 Å². The molecular weight excluding hydrogens is 361 g/mol. The van der Waals surface area contributed by atoms with E-state index in [9.17, 15) is 0 Å². The van der Waals surface area contributed by atoms with Crippen LogP contribution < -0.4 is 10.6 Å². The van der Waals surface area contributed by atoms with Gasteiger partial charge in [0, 0.05) is 18.1 Å². The zero-order valence-electron chi connectivity index (χ0n) is 11.7. The SMILES string of the molecule is CC(=O)O.N=C1NC(=N)C(=C2NC(=N)c3c2ccc(Cl)c3Cl)S1. The first-order chi connectivity index (χ1) is 10.7. The summed E-state index contributed by atoms with van der Waals surface area (Å²) in [5.74, 6) is -0.541. The topological polar surface area (TPSA) is 133 Å². The summed E-state index contributed by atoms with van der Waals surface area (Å²) in [5, 5.41) is 37.1. The summed E-state index contributed by atoms with van der Waals surface area (Å²) < 4.78 is 0. The average molecular weight is 372 g/mol. The van der Waals surface area contributed by atoms with Crippen LogP contribution in [0.1, 0.15) is 18.1 Å². The fourth-order valence-electron chi connectivity index (χ4n) is 1.96. The molecule has 0 radical (unpaired) electrons. The van der Waals surface area contributed by atoms with E-state index in [1.165, 1.54) is 0 Å². The molecule has 2 heterocycles. The summed E-state index contributed by atoms with van der Waals surface area (Å²) in [6.45, 7) is 1.08. The van der Waals surface area contributed by atoms with Crippen LogP contribution in [0.4, 0.5) is 0 Å². The molecule has 7 nitrogen and oxygen atoms in total. The highest BCUT2D eigenvalue weighted by Gasteiger charge is 2.31. The maximum absolute atomic E-state index is 9.00. The molecule has 0 aromatic heterocycles. The maximum atomic E-state index is 9.00. The van der Waals surface area contributed by atoms with Crippen molar-refractivity contribution in [1.29, 1.82) is 16.2 Å². The fourth-order valence-corrected chi connectivity index (χ4v) is 3.15. The molecule has 3 rings (SSSR count). The lowest BCUT2D eigenvalue weighted by Gasteiger charge is -2.04. The van der Waals surface area contributed by atoms with Crippen LogP contribution in [0.5, 0.6) is 0 Å². The second-order valence-corrected chi connectivity index (χ2v) is 6.24.